The SMILES string of the molecule is CSc1nc2c(C=C3NC(=O)NC3=O)cnn2c(NC2CC2)c1C#N. The molecule has 25 heavy (non-hydrogen) atoms. The molecule has 0 atom stereocenters. The van der Waals surface area contributed by atoms with Crippen molar-refractivity contribution in [2.45, 2.75) is 23.9 Å². The first kappa shape index (κ1) is 15.5. The molecule has 126 valence electrons. The number of aromatic nitrogens is 3. The van der Waals surface area contributed by atoms with Crippen molar-refractivity contribution in [3.05, 3.63) is 23.0 Å². The lowest BCUT2D eigenvalue weighted by atomic mass is 10.2. The Hall–Kier alpha value is -3.06. The number of carbonyl (C=O) groups is 2. The van der Waals surface area contributed by atoms with Gasteiger partial charge in [0.05, 0.1) is 6.20 Å². The monoisotopic (exact) mass is 355 g/mol. The molecule has 2 aromatic rings. The van der Waals surface area contributed by atoms with E-state index in [0.717, 1.165) is 12.8 Å². The molecular formula is C15H13N7O2S. The predicted octanol–water partition coefficient (Wildman–Crippen LogP) is 1.08. The summed E-state index contributed by atoms with van der Waals surface area (Å²) in [7, 11) is 0. The first-order chi connectivity index (χ1) is 12.1. The lowest BCUT2D eigenvalue weighted by molar-refractivity contribution is -0.115. The molecule has 9 nitrogen and oxygen atoms in total. The molecule has 0 spiro atoms. The summed E-state index contributed by atoms with van der Waals surface area (Å²) in [5.74, 6) is 0.100. The fourth-order valence-electron chi connectivity index (χ4n) is 2.53. The number of imide groups is 1. The van der Waals surface area contributed by atoms with E-state index in [0.29, 0.717) is 33.7 Å². The number of thioether (sulfide) groups is 1. The van der Waals surface area contributed by atoms with Crippen LogP contribution in [0, 0.1) is 11.3 Å². The van der Waals surface area contributed by atoms with Gasteiger partial charge in [0.1, 0.15) is 22.4 Å². The van der Waals surface area contributed by atoms with E-state index in [1.54, 1.807) is 10.7 Å². The van der Waals surface area contributed by atoms with Gasteiger partial charge in [-0.15, -0.1) is 11.8 Å². The third-order valence-electron chi connectivity index (χ3n) is 3.88. The van der Waals surface area contributed by atoms with Crippen molar-refractivity contribution in [2.24, 2.45) is 0 Å². The van der Waals surface area contributed by atoms with Crippen LogP contribution < -0.4 is 16.0 Å². The number of carbonyl (C=O) groups excluding carboxylic acids is 2. The second-order valence-electron chi connectivity index (χ2n) is 5.68. The molecular weight excluding hydrogens is 342 g/mol. The van der Waals surface area contributed by atoms with Gasteiger partial charge in [-0.1, -0.05) is 0 Å². The van der Waals surface area contributed by atoms with E-state index in [4.69, 9.17) is 0 Å². The normalized spacial score (nSPS) is 18.3. The number of amides is 3. The smallest absolute Gasteiger partial charge is 0.326 e. The van der Waals surface area contributed by atoms with Crippen LogP contribution in [0.2, 0.25) is 0 Å². The minimum Gasteiger partial charge on any atom is -0.366 e. The van der Waals surface area contributed by atoms with E-state index in [9.17, 15) is 14.9 Å². The van der Waals surface area contributed by atoms with Gasteiger partial charge >= 0.3 is 6.03 Å². The van der Waals surface area contributed by atoms with Crippen LogP contribution in [0.4, 0.5) is 10.6 Å². The highest BCUT2D eigenvalue weighted by atomic mass is 32.2. The largest absolute Gasteiger partial charge is 0.366 e. The molecule has 1 saturated heterocycles. The van der Waals surface area contributed by atoms with Gasteiger partial charge < -0.3 is 10.6 Å². The maximum atomic E-state index is 11.7. The van der Waals surface area contributed by atoms with Crippen LogP contribution in [0.1, 0.15) is 24.0 Å². The van der Waals surface area contributed by atoms with Crippen molar-refractivity contribution >= 4 is 41.2 Å². The van der Waals surface area contributed by atoms with Crippen LogP contribution in [0.25, 0.3) is 11.7 Å². The lowest BCUT2D eigenvalue weighted by Crippen LogP contribution is -2.22. The van der Waals surface area contributed by atoms with E-state index in [2.05, 4.69) is 32.1 Å². The first-order valence-electron chi connectivity index (χ1n) is 7.57. The number of fused-ring (bicyclic) bond motifs is 1. The van der Waals surface area contributed by atoms with Crippen LogP contribution >= 0.6 is 11.8 Å². The van der Waals surface area contributed by atoms with Crippen LogP contribution in [-0.2, 0) is 4.79 Å². The fraction of sp³-hybridized carbons (Fsp3) is 0.267. The van der Waals surface area contributed by atoms with Crippen LogP contribution in [-0.4, -0.2) is 38.8 Å². The molecule has 1 aliphatic carbocycles. The molecule has 0 bridgehead atoms. The number of anilines is 1. The summed E-state index contributed by atoms with van der Waals surface area (Å²) >= 11 is 1.37. The summed E-state index contributed by atoms with van der Waals surface area (Å²) in [6.45, 7) is 0. The molecule has 1 aliphatic heterocycles. The molecule has 1 saturated carbocycles. The van der Waals surface area contributed by atoms with E-state index in [1.807, 2.05) is 6.26 Å². The molecule has 4 rings (SSSR count). The highest BCUT2D eigenvalue weighted by Crippen LogP contribution is 2.32. The second-order valence-corrected chi connectivity index (χ2v) is 6.47. The number of nitrogens with one attached hydrogen (secondary N) is 3. The van der Waals surface area contributed by atoms with E-state index < -0.39 is 11.9 Å². The number of hydrogen-bond acceptors (Lipinski definition) is 7. The summed E-state index contributed by atoms with van der Waals surface area (Å²) in [6, 6.07) is 1.96. The van der Waals surface area contributed by atoms with Crippen molar-refractivity contribution in [3.63, 3.8) is 0 Å². The molecule has 2 fully saturated rings. The van der Waals surface area contributed by atoms with Gasteiger partial charge in [-0.2, -0.15) is 14.9 Å². The highest BCUT2D eigenvalue weighted by molar-refractivity contribution is 7.98. The Kier molecular flexibility index (Phi) is 3.58. The maximum absolute atomic E-state index is 11.7. The number of rotatable bonds is 4. The van der Waals surface area contributed by atoms with Crippen molar-refractivity contribution < 1.29 is 9.59 Å². The topological polar surface area (TPSA) is 124 Å². The fourth-order valence-corrected chi connectivity index (χ4v) is 3.06. The third kappa shape index (κ3) is 2.68. The van der Waals surface area contributed by atoms with Crippen LogP contribution in [0.5, 0.6) is 0 Å². The first-order valence-corrected chi connectivity index (χ1v) is 8.79. The van der Waals surface area contributed by atoms with Crippen molar-refractivity contribution in [2.75, 3.05) is 11.6 Å². The van der Waals surface area contributed by atoms with Crippen LogP contribution in [0.3, 0.4) is 0 Å². The Morgan fingerprint density at radius 1 is 1.44 bits per heavy atom. The minimum atomic E-state index is -0.562. The zero-order valence-electron chi connectivity index (χ0n) is 13.2. The summed E-state index contributed by atoms with van der Waals surface area (Å²) in [4.78, 5) is 27.5. The highest BCUT2D eigenvalue weighted by Gasteiger charge is 2.27. The average molecular weight is 355 g/mol. The van der Waals surface area contributed by atoms with Crippen molar-refractivity contribution in [1.29, 1.82) is 5.26 Å². The molecule has 3 amide bonds. The number of nitriles is 1. The quantitative estimate of drug-likeness (QED) is 0.324. The molecule has 2 aliphatic rings. The Morgan fingerprint density at radius 2 is 2.24 bits per heavy atom. The lowest BCUT2D eigenvalue weighted by Gasteiger charge is -2.11. The number of urea groups is 1. The van der Waals surface area contributed by atoms with Crippen molar-refractivity contribution in [3.8, 4) is 6.07 Å². The third-order valence-corrected chi connectivity index (χ3v) is 4.57. The van der Waals surface area contributed by atoms with Gasteiger partial charge in [0.25, 0.3) is 5.91 Å². The Bertz CT molecular complexity index is 984. The van der Waals surface area contributed by atoms with E-state index in [-0.39, 0.29) is 5.70 Å². The molecule has 0 aromatic carbocycles. The van der Waals surface area contributed by atoms with Gasteiger partial charge in [-0.25, -0.2) is 9.78 Å². The standard InChI is InChI=1S/C15H13N7O2S/c1-25-14-9(5-16)12(18-8-2-3-8)22-11(20-14)7(6-17-22)4-10-13(23)21-15(24)19-10/h4,6,8,18H,2-3H2,1H3,(H2,19,21,23,24). The predicted molar refractivity (Wildman–Crippen MR) is 90.8 cm³/mol. The average Bonchev–Trinajstić information content (AvgIpc) is 3.24. The van der Waals surface area contributed by atoms with Gasteiger partial charge in [-0.05, 0) is 25.2 Å². The Morgan fingerprint density at radius 3 is 2.84 bits per heavy atom. The second kappa shape index (κ2) is 5.78. The zero-order chi connectivity index (χ0) is 17.6. The molecule has 10 heteroatoms. The van der Waals surface area contributed by atoms with Gasteiger partial charge in [-0.3, -0.25) is 10.1 Å². The molecule has 0 unspecified atom stereocenters. The summed E-state index contributed by atoms with van der Waals surface area (Å²) in [5, 5.41) is 22.3. The molecule has 2 aromatic heterocycles. The van der Waals surface area contributed by atoms with Gasteiger partial charge in [0.15, 0.2) is 11.5 Å². The molecule has 3 heterocycles. The summed E-state index contributed by atoms with van der Waals surface area (Å²) < 4.78 is 1.57. The van der Waals surface area contributed by atoms with Gasteiger partial charge in [0, 0.05) is 11.6 Å². The van der Waals surface area contributed by atoms with Gasteiger partial charge in [0.2, 0.25) is 0 Å². The van der Waals surface area contributed by atoms with E-state index in [1.165, 1.54) is 17.8 Å². The Labute approximate surface area is 146 Å². The minimum absolute atomic E-state index is 0.133. The molecule has 0 radical (unpaired) electrons. The summed E-state index contributed by atoms with van der Waals surface area (Å²) in [5.41, 5.74) is 1.66. The zero-order valence-corrected chi connectivity index (χ0v) is 14.0. The number of hydrogen-bond donors (Lipinski definition) is 3. The summed E-state index contributed by atoms with van der Waals surface area (Å²) in [6.07, 6.45) is 7.02. The number of nitrogens with zero attached hydrogens (tertiary/aromatic N) is 4. The Balaban J connectivity index is 1.88. The molecule has 3 N–H and O–H groups in total. The maximum Gasteiger partial charge on any atom is 0.326 e. The van der Waals surface area contributed by atoms with E-state index >= 15 is 0 Å². The van der Waals surface area contributed by atoms with Crippen molar-refractivity contribution in [1.82, 2.24) is 25.2 Å². The van der Waals surface area contributed by atoms with Crippen LogP contribution in [0.15, 0.2) is 16.9 Å².